The highest BCUT2D eigenvalue weighted by Crippen LogP contribution is 2.14. The average molecular weight is 503 g/mol. The summed E-state index contributed by atoms with van der Waals surface area (Å²) in [7, 11) is -1.91. The standard InChI is InChI=1S/C23H30N6O5S/c1-29-20-13-6-5-11-18(20)27-21(29)15-25-22(30)19(12-7-8-14-26-35(24,32)33)28-23(31)34-16-17-9-3-2-4-10-17/h2-6,9-11,13,19,26H,7-8,12,14-16H2,1H3,(H,25,30)(H,28,31)(H2,24,32,33)/t19-/m1/s1. The van der Waals surface area contributed by atoms with Gasteiger partial charge in [0, 0.05) is 13.6 Å². The third-order valence-electron chi connectivity index (χ3n) is 5.34. The highest BCUT2D eigenvalue weighted by Gasteiger charge is 2.22. The van der Waals surface area contributed by atoms with Crippen LogP contribution in [0.25, 0.3) is 11.0 Å². The van der Waals surface area contributed by atoms with E-state index in [4.69, 9.17) is 9.88 Å². The van der Waals surface area contributed by atoms with E-state index in [1.165, 1.54) is 0 Å². The average Bonchev–Trinajstić information content (AvgIpc) is 3.15. The number of rotatable bonds is 12. The van der Waals surface area contributed by atoms with Gasteiger partial charge in [-0.2, -0.15) is 8.42 Å². The largest absolute Gasteiger partial charge is 0.445 e. The van der Waals surface area contributed by atoms with Crippen molar-refractivity contribution in [3.63, 3.8) is 0 Å². The maximum absolute atomic E-state index is 12.9. The zero-order valence-corrected chi connectivity index (χ0v) is 20.3. The summed E-state index contributed by atoms with van der Waals surface area (Å²) in [5.74, 6) is 0.274. The maximum Gasteiger partial charge on any atom is 0.408 e. The first-order valence-electron chi connectivity index (χ1n) is 11.2. The molecule has 0 fully saturated rings. The second-order valence-electron chi connectivity index (χ2n) is 7.99. The molecule has 1 aromatic heterocycles. The minimum atomic E-state index is -3.78. The summed E-state index contributed by atoms with van der Waals surface area (Å²) in [5.41, 5.74) is 2.58. The van der Waals surface area contributed by atoms with E-state index < -0.39 is 28.3 Å². The zero-order chi connectivity index (χ0) is 25.3. The van der Waals surface area contributed by atoms with E-state index in [1.807, 2.05) is 66.2 Å². The molecule has 2 aromatic carbocycles. The number of nitrogens with one attached hydrogen (secondary N) is 3. The molecule has 0 unspecified atom stereocenters. The number of imidazole rings is 1. The molecule has 0 aliphatic carbocycles. The maximum atomic E-state index is 12.9. The summed E-state index contributed by atoms with van der Waals surface area (Å²) in [6.07, 6.45) is 0.456. The van der Waals surface area contributed by atoms with Gasteiger partial charge in [0.1, 0.15) is 18.5 Å². The number of aromatic nitrogens is 2. The number of hydrogen-bond acceptors (Lipinski definition) is 6. The summed E-state index contributed by atoms with van der Waals surface area (Å²) in [5, 5.41) is 10.4. The summed E-state index contributed by atoms with van der Waals surface area (Å²) in [6.45, 7) is 0.374. The summed E-state index contributed by atoms with van der Waals surface area (Å²) < 4.78 is 31.3. The van der Waals surface area contributed by atoms with E-state index in [0.29, 0.717) is 18.7 Å². The van der Waals surface area contributed by atoms with Gasteiger partial charge in [0.25, 0.3) is 10.2 Å². The predicted molar refractivity (Wildman–Crippen MR) is 131 cm³/mol. The van der Waals surface area contributed by atoms with Gasteiger partial charge in [-0.3, -0.25) is 4.79 Å². The first-order chi connectivity index (χ1) is 16.7. The molecule has 0 radical (unpaired) electrons. The van der Waals surface area contributed by atoms with E-state index in [2.05, 4.69) is 20.3 Å². The zero-order valence-electron chi connectivity index (χ0n) is 19.4. The topological polar surface area (TPSA) is 157 Å². The number of alkyl carbamates (subject to hydrolysis) is 1. The van der Waals surface area contributed by atoms with Crippen molar-refractivity contribution in [1.29, 1.82) is 0 Å². The molecule has 12 heteroatoms. The van der Waals surface area contributed by atoms with Crippen LogP contribution >= 0.6 is 0 Å². The number of amides is 2. The van der Waals surface area contributed by atoms with Crippen molar-refractivity contribution in [3.05, 3.63) is 66.0 Å². The van der Waals surface area contributed by atoms with Gasteiger partial charge in [0.15, 0.2) is 0 Å². The van der Waals surface area contributed by atoms with Crippen molar-refractivity contribution < 1.29 is 22.7 Å². The molecular formula is C23H30N6O5S. The lowest BCUT2D eigenvalue weighted by Gasteiger charge is -2.18. The first kappa shape index (κ1) is 26.1. The molecule has 1 heterocycles. The number of nitrogens with zero attached hydrogens (tertiary/aromatic N) is 2. The Morgan fingerprint density at radius 2 is 1.80 bits per heavy atom. The monoisotopic (exact) mass is 502 g/mol. The van der Waals surface area contributed by atoms with Gasteiger partial charge < -0.3 is 19.9 Å². The van der Waals surface area contributed by atoms with Crippen molar-refractivity contribution in [3.8, 4) is 0 Å². The van der Waals surface area contributed by atoms with Crippen LogP contribution in [-0.2, 0) is 39.9 Å². The molecule has 0 aliphatic heterocycles. The Kier molecular flexibility index (Phi) is 9.18. The lowest BCUT2D eigenvalue weighted by atomic mass is 10.1. The number of carbonyl (C=O) groups excluding carboxylic acids is 2. The molecule has 188 valence electrons. The predicted octanol–water partition coefficient (Wildman–Crippen LogP) is 1.45. The Morgan fingerprint density at radius 3 is 2.51 bits per heavy atom. The van der Waals surface area contributed by atoms with Gasteiger partial charge in [0.2, 0.25) is 5.91 Å². The molecule has 0 spiro atoms. The van der Waals surface area contributed by atoms with E-state index in [-0.39, 0.29) is 26.1 Å². The van der Waals surface area contributed by atoms with Crippen LogP contribution in [-0.4, -0.2) is 42.6 Å². The fourth-order valence-corrected chi connectivity index (χ4v) is 3.94. The second kappa shape index (κ2) is 12.3. The molecule has 1 atom stereocenters. The Bertz CT molecular complexity index is 1250. The molecule has 0 saturated carbocycles. The van der Waals surface area contributed by atoms with Gasteiger partial charge in [-0.15, -0.1) is 0 Å². The number of ether oxygens (including phenoxy) is 1. The number of nitrogens with two attached hydrogens (primary N) is 1. The third-order valence-corrected chi connectivity index (χ3v) is 5.95. The van der Waals surface area contributed by atoms with Crippen LogP contribution in [0.15, 0.2) is 54.6 Å². The number of para-hydroxylation sites is 2. The number of unbranched alkanes of at least 4 members (excludes halogenated alkanes) is 1. The van der Waals surface area contributed by atoms with Gasteiger partial charge in [0.05, 0.1) is 17.6 Å². The molecule has 3 rings (SSSR count). The minimum absolute atomic E-state index is 0.0686. The van der Waals surface area contributed by atoms with Gasteiger partial charge in [-0.1, -0.05) is 42.5 Å². The van der Waals surface area contributed by atoms with Gasteiger partial charge in [-0.05, 0) is 37.0 Å². The SMILES string of the molecule is Cn1c(CNC(=O)[C@@H](CCCCNS(N)(=O)=O)NC(=O)OCc2ccccc2)nc2ccccc21. The van der Waals surface area contributed by atoms with Gasteiger partial charge >= 0.3 is 6.09 Å². The van der Waals surface area contributed by atoms with Crippen molar-refractivity contribution in [2.75, 3.05) is 6.54 Å². The van der Waals surface area contributed by atoms with E-state index in [1.54, 1.807) is 0 Å². The van der Waals surface area contributed by atoms with E-state index in [0.717, 1.165) is 16.6 Å². The second-order valence-corrected chi connectivity index (χ2v) is 9.37. The fraction of sp³-hybridized carbons (Fsp3) is 0.348. The Hall–Kier alpha value is -3.48. The van der Waals surface area contributed by atoms with Crippen LogP contribution in [0.4, 0.5) is 4.79 Å². The van der Waals surface area contributed by atoms with E-state index >= 15 is 0 Å². The molecule has 0 aliphatic rings. The number of carbonyl (C=O) groups is 2. The lowest BCUT2D eigenvalue weighted by molar-refractivity contribution is -0.123. The molecule has 5 N–H and O–H groups in total. The highest BCUT2D eigenvalue weighted by molar-refractivity contribution is 7.87. The Balaban J connectivity index is 1.58. The van der Waals surface area contributed by atoms with Crippen molar-refractivity contribution in [1.82, 2.24) is 24.9 Å². The highest BCUT2D eigenvalue weighted by atomic mass is 32.2. The molecule has 0 saturated heterocycles. The quantitative estimate of drug-likeness (QED) is 0.275. The van der Waals surface area contributed by atoms with Crippen LogP contribution in [0.5, 0.6) is 0 Å². The Morgan fingerprint density at radius 1 is 1.09 bits per heavy atom. The van der Waals surface area contributed by atoms with Crippen LogP contribution in [0.2, 0.25) is 0 Å². The summed E-state index contributed by atoms with van der Waals surface area (Å²) in [4.78, 5) is 29.8. The summed E-state index contributed by atoms with van der Waals surface area (Å²) in [6, 6.07) is 16.0. The van der Waals surface area contributed by atoms with Crippen LogP contribution in [0.1, 0.15) is 30.7 Å². The molecule has 11 nitrogen and oxygen atoms in total. The number of benzene rings is 2. The van der Waals surface area contributed by atoms with Crippen LogP contribution in [0.3, 0.4) is 0 Å². The number of aryl methyl sites for hydroxylation is 1. The molecule has 3 aromatic rings. The van der Waals surface area contributed by atoms with Crippen LogP contribution < -0.4 is 20.5 Å². The lowest BCUT2D eigenvalue weighted by Crippen LogP contribution is -2.47. The third kappa shape index (κ3) is 8.35. The Labute approximate surface area is 204 Å². The minimum Gasteiger partial charge on any atom is -0.445 e. The smallest absolute Gasteiger partial charge is 0.408 e. The molecule has 0 bridgehead atoms. The van der Waals surface area contributed by atoms with Crippen molar-refractivity contribution in [2.24, 2.45) is 12.2 Å². The van der Waals surface area contributed by atoms with Crippen LogP contribution in [0, 0.1) is 0 Å². The van der Waals surface area contributed by atoms with Crippen molar-refractivity contribution >= 4 is 33.2 Å². The molecular weight excluding hydrogens is 472 g/mol. The number of fused-ring (bicyclic) bond motifs is 1. The first-order valence-corrected chi connectivity index (χ1v) is 12.7. The summed E-state index contributed by atoms with van der Waals surface area (Å²) >= 11 is 0. The van der Waals surface area contributed by atoms with Crippen molar-refractivity contribution in [2.45, 2.75) is 38.5 Å². The molecule has 2 amide bonds. The normalized spacial score (nSPS) is 12.3. The number of hydrogen-bond donors (Lipinski definition) is 4. The fourth-order valence-electron chi connectivity index (χ4n) is 3.51. The van der Waals surface area contributed by atoms with E-state index in [9.17, 15) is 18.0 Å². The molecule has 35 heavy (non-hydrogen) atoms. The van der Waals surface area contributed by atoms with Gasteiger partial charge in [-0.25, -0.2) is 19.6 Å².